The van der Waals surface area contributed by atoms with E-state index < -0.39 is 23.9 Å². The van der Waals surface area contributed by atoms with Crippen LogP contribution in [0, 0.1) is 5.82 Å². The lowest BCUT2D eigenvalue weighted by atomic mass is 9.90. The maximum Gasteiger partial charge on any atom is 0.238 e. The molecule has 1 aliphatic rings. The Labute approximate surface area is 150 Å². The lowest BCUT2D eigenvalue weighted by Gasteiger charge is -2.21. The Morgan fingerprint density at radius 1 is 1.24 bits per heavy atom. The van der Waals surface area contributed by atoms with Gasteiger partial charge < -0.3 is 0 Å². The molecule has 2 heterocycles. The fraction of sp³-hybridized carbons (Fsp3) is 0.556. The average molecular weight is 382 g/mol. The van der Waals surface area contributed by atoms with E-state index in [0.29, 0.717) is 17.5 Å². The van der Waals surface area contributed by atoms with E-state index in [1.54, 1.807) is 12.3 Å². The first-order valence-corrected chi connectivity index (χ1v) is 14.2. The summed E-state index contributed by atoms with van der Waals surface area (Å²) in [5.41, 5.74) is 1.48. The molecule has 1 radical (unpaired) electrons. The molecule has 0 amide bonds. The van der Waals surface area contributed by atoms with Crippen molar-refractivity contribution in [2.24, 2.45) is 0 Å². The molecule has 1 saturated heterocycles. The van der Waals surface area contributed by atoms with Crippen LogP contribution in [0.25, 0.3) is 10.9 Å². The van der Waals surface area contributed by atoms with Crippen molar-refractivity contribution in [2.75, 3.05) is 18.8 Å². The summed E-state index contributed by atoms with van der Waals surface area (Å²) >= 11 is 0. The maximum absolute atomic E-state index is 13.8. The largest absolute Gasteiger partial charge is 0.245 e. The molecule has 2 aromatic rings. The van der Waals surface area contributed by atoms with E-state index in [0.717, 1.165) is 36.9 Å². The quantitative estimate of drug-likeness (QED) is 0.740. The summed E-state index contributed by atoms with van der Waals surface area (Å²) in [7, 11) is -4.98. The minimum Gasteiger partial charge on any atom is -0.245 e. The average Bonchev–Trinajstić information content (AvgIpc) is 2.93. The van der Waals surface area contributed by atoms with Gasteiger partial charge in [-0.05, 0) is 48.6 Å². The number of fused-ring (bicyclic) bond motifs is 1. The van der Waals surface area contributed by atoms with Gasteiger partial charge in [0.1, 0.15) is 5.82 Å². The number of halogens is 1. The molecule has 25 heavy (non-hydrogen) atoms. The molecule has 0 aliphatic carbocycles. The summed E-state index contributed by atoms with van der Waals surface area (Å²) in [6, 6.07) is 5.18. The summed E-state index contributed by atoms with van der Waals surface area (Å²) in [5.74, 6) is -0.000950. The fourth-order valence-corrected chi connectivity index (χ4v) is 7.75. The van der Waals surface area contributed by atoms with Crippen molar-refractivity contribution in [2.45, 2.75) is 44.4 Å². The molecule has 0 unspecified atom stereocenters. The third kappa shape index (κ3) is 4.15. The molecule has 0 N–H and O–H groups in total. The fourth-order valence-electron chi connectivity index (χ4n) is 3.35. The molecular weight excluding hydrogens is 355 g/mol. The van der Waals surface area contributed by atoms with Gasteiger partial charge in [0.2, 0.25) is 10.0 Å². The van der Waals surface area contributed by atoms with E-state index in [-0.39, 0.29) is 5.75 Å². The second kappa shape index (κ2) is 6.85. The predicted octanol–water partition coefficient (Wildman–Crippen LogP) is 3.78. The highest BCUT2D eigenvalue weighted by Crippen LogP contribution is 2.34. The molecule has 0 saturated carbocycles. The minimum absolute atomic E-state index is 0.114. The molecule has 1 aromatic carbocycles. The maximum atomic E-state index is 13.8. The van der Waals surface area contributed by atoms with Gasteiger partial charge in [-0.15, -0.1) is 0 Å². The summed E-state index contributed by atoms with van der Waals surface area (Å²) in [5, 5.41) is 5.23. The second-order valence-electron chi connectivity index (χ2n) is 8.11. The normalized spacial score (nSPS) is 17.3. The first-order chi connectivity index (χ1) is 11.7. The van der Waals surface area contributed by atoms with Crippen LogP contribution < -0.4 is 5.32 Å². The Kier molecular flexibility index (Phi) is 5.10. The minimum atomic E-state index is -3.49. The molecule has 3 rings (SSSR count). The van der Waals surface area contributed by atoms with Crippen LogP contribution in [0.15, 0.2) is 24.4 Å². The van der Waals surface area contributed by atoms with Crippen molar-refractivity contribution in [3.05, 3.63) is 35.8 Å². The molecule has 1 aliphatic heterocycles. The lowest BCUT2D eigenvalue weighted by Crippen LogP contribution is -2.26. The van der Waals surface area contributed by atoms with Gasteiger partial charge in [0.15, 0.2) is 0 Å². The van der Waals surface area contributed by atoms with E-state index in [2.05, 4.69) is 25.0 Å². The van der Waals surface area contributed by atoms with Crippen LogP contribution >= 0.6 is 0 Å². The first-order valence-electron chi connectivity index (χ1n) is 8.84. The van der Waals surface area contributed by atoms with Gasteiger partial charge in [-0.1, -0.05) is 19.6 Å². The van der Waals surface area contributed by atoms with E-state index in [1.165, 1.54) is 16.1 Å². The van der Waals surface area contributed by atoms with Crippen LogP contribution in [-0.2, 0) is 10.0 Å². The summed E-state index contributed by atoms with van der Waals surface area (Å²) in [4.78, 5) is 0. The number of hydrogen-bond donors (Lipinski definition) is 0. The molecule has 0 atom stereocenters. The van der Waals surface area contributed by atoms with Crippen LogP contribution in [0.3, 0.4) is 0 Å². The highest BCUT2D eigenvalue weighted by atomic mass is 32.2. The van der Waals surface area contributed by atoms with E-state index in [1.807, 2.05) is 0 Å². The van der Waals surface area contributed by atoms with Crippen molar-refractivity contribution in [3.63, 3.8) is 0 Å². The molecule has 137 valence electrons. The number of aromatic nitrogens is 1. The van der Waals surface area contributed by atoms with E-state index >= 15 is 0 Å². The highest BCUT2D eigenvalue weighted by molar-refractivity contribution is 7.90. The van der Waals surface area contributed by atoms with Gasteiger partial charge in [0.05, 0.1) is 11.3 Å². The Bertz CT molecular complexity index is 865. The standard InChI is InChI=1S/C18H26FN2O2SSi/c1-25(2,3)11-10-24(22,23)21-13-17(14-6-8-20-9-7-14)16-5-4-15(19)12-18(16)21/h4-5,12-14H,6-11H2,1-3H3. The number of nitrogens with zero attached hydrogens (tertiary/aromatic N) is 2. The lowest BCUT2D eigenvalue weighted by molar-refractivity contribution is 0.455. The van der Waals surface area contributed by atoms with Crippen molar-refractivity contribution in [3.8, 4) is 0 Å². The highest BCUT2D eigenvalue weighted by Gasteiger charge is 2.26. The van der Waals surface area contributed by atoms with Gasteiger partial charge in [-0.25, -0.2) is 22.1 Å². The summed E-state index contributed by atoms with van der Waals surface area (Å²) < 4.78 is 41.0. The number of piperidine rings is 1. The topological polar surface area (TPSA) is 53.2 Å². The van der Waals surface area contributed by atoms with Gasteiger partial charge in [-0.2, -0.15) is 0 Å². The van der Waals surface area contributed by atoms with Crippen molar-refractivity contribution in [1.29, 1.82) is 0 Å². The zero-order chi connectivity index (χ0) is 18.2. The summed E-state index contributed by atoms with van der Waals surface area (Å²) in [6.45, 7) is 8.09. The van der Waals surface area contributed by atoms with Crippen LogP contribution in [0.2, 0.25) is 25.7 Å². The third-order valence-corrected chi connectivity index (χ3v) is 8.62. The van der Waals surface area contributed by atoms with Crippen molar-refractivity contribution in [1.82, 2.24) is 9.29 Å². The Hall–Kier alpha value is -1.18. The Balaban J connectivity index is 2.06. The SMILES string of the molecule is C[Si](C)(C)CCS(=O)(=O)n1cc(C2CC[N]CC2)c2ccc(F)cc21. The Morgan fingerprint density at radius 2 is 1.92 bits per heavy atom. The number of rotatable bonds is 5. The van der Waals surface area contributed by atoms with Gasteiger partial charge >= 0.3 is 0 Å². The number of hydrogen-bond acceptors (Lipinski definition) is 2. The van der Waals surface area contributed by atoms with Crippen LogP contribution in [-0.4, -0.2) is 39.3 Å². The molecule has 1 aromatic heterocycles. The first kappa shape index (κ1) is 18.6. The van der Waals surface area contributed by atoms with Crippen molar-refractivity contribution >= 4 is 29.0 Å². The monoisotopic (exact) mass is 381 g/mol. The molecular formula is C18H26FN2O2SSi. The second-order valence-corrected chi connectivity index (χ2v) is 15.7. The third-order valence-electron chi connectivity index (χ3n) is 4.89. The van der Waals surface area contributed by atoms with Crippen LogP contribution in [0.4, 0.5) is 4.39 Å². The molecule has 1 fully saturated rings. The van der Waals surface area contributed by atoms with E-state index in [4.69, 9.17) is 0 Å². The van der Waals surface area contributed by atoms with Crippen molar-refractivity contribution < 1.29 is 12.8 Å². The summed E-state index contributed by atoms with van der Waals surface area (Å²) in [6.07, 6.45) is 3.58. The molecule has 0 bridgehead atoms. The zero-order valence-electron chi connectivity index (χ0n) is 15.1. The predicted molar refractivity (Wildman–Crippen MR) is 103 cm³/mol. The molecule has 0 spiro atoms. The van der Waals surface area contributed by atoms with Gasteiger partial charge in [-0.3, -0.25) is 0 Å². The van der Waals surface area contributed by atoms with Crippen LogP contribution in [0.1, 0.15) is 24.3 Å². The molecule has 7 heteroatoms. The Morgan fingerprint density at radius 3 is 2.56 bits per heavy atom. The van der Waals surface area contributed by atoms with Crippen LogP contribution in [0.5, 0.6) is 0 Å². The van der Waals surface area contributed by atoms with E-state index in [9.17, 15) is 12.8 Å². The smallest absolute Gasteiger partial charge is 0.238 e. The van der Waals surface area contributed by atoms with Gasteiger partial charge in [0, 0.05) is 32.7 Å². The molecule has 4 nitrogen and oxygen atoms in total. The zero-order valence-corrected chi connectivity index (χ0v) is 16.9. The van der Waals surface area contributed by atoms with Gasteiger partial charge in [0.25, 0.3) is 0 Å². The number of benzene rings is 1.